The molecule has 0 bridgehead atoms. The van der Waals surface area contributed by atoms with Crippen LogP contribution in [0.2, 0.25) is 0 Å². The summed E-state index contributed by atoms with van der Waals surface area (Å²) >= 11 is 1.14. The van der Waals surface area contributed by atoms with Crippen molar-refractivity contribution in [2.45, 2.75) is 5.16 Å². The van der Waals surface area contributed by atoms with Gasteiger partial charge in [0.2, 0.25) is 0 Å². The Morgan fingerprint density at radius 1 is 1.11 bits per heavy atom. The highest BCUT2D eigenvalue weighted by molar-refractivity contribution is 7.99. The molecule has 8 heteroatoms. The number of halogens is 1. The second-order valence-electron chi connectivity index (χ2n) is 5.72. The first kappa shape index (κ1) is 17.2. The summed E-state index contributed by atoms with van der Waals surface area (Å²) in [5, 5.41) is 4.81. The number of carbonyl (C=O) groups excluding carboxylic acids is 1. The Balaban J connectivity index is 1.64. The highest BCUT2D eigenvalue weighted by Crippen LogP contribution is 2.19. The molecule has 1 N–H and O–H groups in total. The van der Waals surface area contributed by atoms with Gasteiger partial charge in [0.15, 0.2) is 16.6 Å². The van der Waals surface area contributed by atoms with Crippen LogP contribution < -0.4 is 5.56 Å². The Labute approximate surface area is 157 Å². The second-order valence-corrected chi connectivity index (χ2v) is 6.68. The van der Waals surface area contributed by atoms with E-state index in [0.717, 1.165) is 11.8 Å². The first-order valence-electron chi connectivity index (χ1n) is 8.07. The van der Waals surface area contributed by atoms with Crippen LogP contribution in [0.3, 0.4) is 0 Å². The molecular weight excluding hydrogens is 367 g/mol. The summed E-state index contributed by atoms with van der Waals surface area (Å²) in [4.78, 5) is 31.6. The minimum Gasteiger partial charge on any atom is -0.301 e. The number of aromatic amines is 1. The maximum absolute atomic E-state index is 13.2. The van der Waals surface area contributed by atoms with Crippen LogP contribution in [0.4, 0.5) is 4.39 Å². The molecule has 4 rings (SSSR count). The number of nitrogens with zero attached hydrogens (tertiary/aromatic N) is 3. The number of Topliss-reactive ketones (excluding diaryl/α,β-unsaturated/α-hetero) is 1. The normalized spacial score (nSPS) is 11.0. The topological polar surface area (TPSA) is 80.6 Å². The molecule has 134 valence electrons. The molecule has 0 unspecified atom stereocenters. The third kappa shape index (κ3) is 3.52. The minimum absolute atomic E-state index is 0.0598. The Morgan fingerprint density at radius 2 is 1.85 bits per heavy atom. The van der Waals surface area contributed by atoms with Gasteiger partial charge >= 0.3 is 0 Å². The smallest absolute Gasteiger partial charge is 0.262 e. The van der Waals surface area contributed by atoms with E-state index >= 15 is 0 Å². The van der Waals surface area contributed by atoms with Crippen molar-refractivity contribution < 1.29 is 9.18 Å². The van der Waals surface area contributed by atoms with Gasteiger partial charge in [-0.05, 0) is 24.3 Å². The van der Waals surface area contributed by atoms with E-state index in [2.05, 4.69) is 15.1 Å². The number of benzene rings is 2. The van der Waals surface area contributed by atoms with Gasteiger partial charge in [0.05, 0.1) is 17.6 Å². The molecule has 6 nitrogen and oxygen atoms in total. The molecule has 0 aliphatic carbocycles. The number of rotatable bonds is 5. The predicted molar refractivity (Wildman–Crippen MR) is 101 cm³/mol. The maximum Gasteiger partial charge on any atom is 0.262 e. The van der Waals surface area contributed by atoms with E-state index in [1.807, 2.05) is 6.07 Å². The molecule has 4 aromatic rings. The lowest BCUT2D eigenvalue weighted by atomic mass is 10.2. The lowest BCUT2D eigenvalue weighted by molar-refractivity contribution is 0.102. The highest BCUT2D eigenvalue weighted by atomic mass is 32.2. The Hall–Kier alpha value is -3.26. The number of thioether (sulfide) groups is 1. The zero-order valence-electron chi connectivity index (χ0n) is 13.9. The van der Waals surface area contributed by atoms with Crippen molar-refractivity contribution >= 4 is 28.6 Å². The average molecular weight is 380 g/mol. The maximum atomic E-state index is 13.2. The van der Waals surface area contributed by atoms with E-state index in [1.54, 1.807) is 36.4 Å². The molecule has 27 heavy (non-hydrogen) atoms. The molecule has 0 saturated carbocycles. The molecule has 0 aliphatic heterocycles. The largest absolute Gasteiger partial charge is 0.301 e. The van der Waals surface area contributed by atoms with Gasteiger partial charge < -0.3 is 4.98 Å². The van der Waals surface area contributed by atoms with Crippen LogP contribution in [0.15, 0.2) is 70.7 Å². The highest BCUT2D eigenvalue weighted by Gasteiger charge is 2.13. The van der Waals surface area contributed by atoms with Crippen LogP contribution in [0.25, 0.3) is 16.7 Å². The molecule has 0 fully saturated rings. The van der Waals surface area contributed by atoms with Crippen molar-refractivity contribution in [3.8, 4) is 5.69 Å². The van der Waals surface area contributed by atoms with Gasteiger partial charge in [0.25, 0.3) is 5.56 Å². The van der Waals surface area contributed by atoms with Crippen LogP contribution >= 0.6 is 11.8 Å². The summed E-state index contributed by atoms with van der Waals surface area (Å²) < 4.78 is 14.6. The zero-order valence-corrected chi connectivity index (χ0v) is 14.7. The number of hydrogen-bond donors (Lipinski definition) is 1. The lowest BCUT2D eigenvalue weighted by Crippen LogP contribution is -2.11. The molecule has 0 saturated heterocycles. The summed E-state index contributed by atoms with van der Waals surface area (Å²) in [5.74, 6) is -0.282. The minimum atomic E-state index is -0.364. The first-order chi connectivity index (χ1) is 13.1. The van der Waals surface area contributed by atoms with Crippen molar-refractivity contribution in [2.75, 3.05) is 5.75 Å². The van der Waals surface area contributed by atoms with Gasteiger partial charge in [-0.25, -0.2) is 14.1 Å². The number of nitrogens with one attached hydrogen (secondary N) is 1. The third-order valence-electron chi connectivity index (χ3n) is 3.92. The van der Waals surface area contributed by atoms with E-state index in [1.165, 1.54) is 23.0 Å². The van der Waals surface area contributed by atoms with Gasteiger partial charge in [-0.3, -0.25) is 9.59 Å². The summed E-state index contributed by atoms with van der Waals surface area (Å²) in [6.07, 6.45) is 1.41. The van der Waals surface area contributed by atoms with Crippen LogP contribution in [0.5, 0.6) is 0 Å². The number of fused-ring (bicyclic) bond motifs is 1. The van der Waals surface area contributed by atoms with Crippen molar-refractivity contribution in [3.05, 3.63) is 82.5 Å². The van der Waals surface area contributed by atoms with Crippen molar-refractivity contribution in [3.63, 3.8) is 0 Å². The summed E-state index contributed by atoms with van der Waals surface area (Å²) in [7, 11) is 0. The monoisotopic (exact) mass is 380 g/mol. The molecule has 0 spiro atoms. The summed E-state index contributed by atoms with van der Waals surface area (Å²) in [5.41, 5.74) is 1.19. The van der Waals surface area contributed by atoms with Crippen molar-refractivity contribution in [2.24, 2.45) is 0 Å². The summed E-state index contributed by atoms with van der Waals surface area (Å²) in [6, 6.07) is 14.6. The van der Waals surface area contributed by atoms with Crippen LogP contribution in [0.1, 0.15) is 10.4 Å². The molecule has 0 radical (unpaired) electrons. The van der Waals surface area contributed by atoms with Crippen LogP contribution in [-0.2, 0) is 0 Å². The SMILES string of the molecule is O=C(CSc1nc2c(cnn2-c2ccc(F)cc2)c(=O)[nH]1)c1ccccc1. The van der Waals surface area contributed by atoms with E-state index in [4.69, 9.17) is 0 Å². The number of hydrogen-bond acceptors (Lipinski definition) is 5. The molecule has 2 aromatic heterocycles. The van der Waals surface area contributed by atoms with Crippen LogP contribution in [-0.4, -0.2) is 31.3 Å². The van der Waals surface area contributed by atoms with Crippen molar-refractivity contribution in [1.29, 1.82) is 0 Å². The van der Waals surface area contributed by atoms with Crippen molar-refractivity contribution in [1.82, 2.24) is 19.7 Å². The third-order valence-corrected chi connectivity index (χ3v) is 4.80. The quantitative estimate of drug-likeness (QED) is 0.327. The predicted octanol–water partition coefficient (Wildman–Crippen LogP) is 3.22. The Morgan fingerprint density at radius 3 is 2.59 bits per heavy atom. The molecule has 2 heterocycles. The number of ketones is 1. The van der Waals surface area contributed by atoms with E-state index in [9.17, 15) is 14.0 Å². The van der Waals surface area contributed by atoms with Gasteiger partial charge in [-0.1, -0.05) is 42.1 Å². The lowest BCUT2D eigenvalue weighted by Gasteiger charge is -2.04. The first-order valence-corrected chi connectivity index (χ1v) is 9.05. The molecule has 0 atom stereocenters. The van der Waals surface area contributed by atoms with Gasteiger partial charge in [-0.2, -0.15) is 5.10 Å². The standard InChI is InChI=1S/C19H13FN4O2S/c20-13-6-8-14(9-7-13)24-17-15(10-21-24)18(26)23-19(22-17)27-11-16(25)12-4-2-1-3-5-12/h1-10H,11H2,(H,22,23,26). The Kier molecular flexibility index (Phi) is 4.55. The average Bonchev–Trinajstić information content (AvgIpc) is 3.12. The molecule has 2 aromatic carbocycles. The van der Waals surface area contributed by atoms with Gasteiger partial charge in [0, 0.05) is 5.56 Å². The summed E-state index contributed by atoms with van der Waals surface area (Å²) in [6.45, 7) is 0. The Bertz CT molecular complexity index is 1170. The zero-order chi connectivity index (χ0) is 18.8. The number of aromatic nitrogens is 4. The fourth-order valence-electron chi connectivity index (χ4n) is 2.58. The fourth-order valence-corrected chi connectivity index (χ4v) is 3.33. The van der Waals surface area contributed by atoms with Crippen LogP contribution in [0, 0.1) is 5.82 Å². The molecule has 0 aliphatic rings. The second kappa shape index (κ2) is 7.16. The van der Waals surface area contributed by atoms with E-state index < -0.39 is 0 Å². The van der Waals surface area contributed by atoms with E-state index in [0.29, 0.717) is 27.4 Å². The molecule has 0 amide bonds. The fraction of sp³-hybridized carbons (Fsp3) is 0.0526. The van der Waals surface area contributed by atoms with E-state index in [-0.39, 0.29) is 22.9 Å². The number of H-pyrrole nitrogens is 1. The van der Waals surface area contributed by atoms with Gasteiger partial charge in [0.1, 0.15) is 11.2 Å². The van der Waals surface area contributed by atoms with Gasteiger partial charge in [-0.15, -0.1) is 0 Å². The molecular formula is C19H13FN4O2S. The number of carbonyl (C=O) groups is 1.